The maximum absolute atomic E-state index is 12.0. The largest absolute Gasteiger partial charge is 0.361 e. The first kappa shape index (κ1) is 14.6. The molecule has 0 saturated carbocycles. The highest BCUT2D eigenvalue weighted by molar-refractivity contribution is 5.83. The Morgan fingerprint density at radius 1 is 1.30 bits per heavy atom. The summed E-state index contributed by atoms with van der Waals surface area (Å²) in [7, 11) is 1.90. The van der Waals surface area contributed by atoms with E-state index >= 15 is 0 Å². The van der Waals surface area contributed by atoms with Gasteiger partial charge in [0.15, 0.2) is 0 Å². The predicted octanol–water partition coefficient (Wildman–Crippen LogP) is 3.61. The molecule has 1 N–H and O–H groups in total. The molecule has 0 aliphatic heterocycles. The van der Waals surface area contributed by atoms with Gasteiger partial charge in [0.1, 0.15) is 0 Å². The number of hydrogen-bond donors (Lipinski definition) is 1. The molecule has 0 atom stereocenters. The number of hydrogen-bond acceptors (Lipinski definition) is 1. The van der Waals surface area contributed by atoms with Gasteiger partial charge in [0.05, 0.1) is 0 Å². The van der Waals surface area contributed by atoms with Crippen molar-refractivity contribution in [2.45, 2.75) is 33.1 Å². The molecule has 0 unspecified atom stereocenters. The summed E-state index contributed by atoms with van der Waals surface area (Å²) in [4.78, 5) is 17.1. The van der Waals surface area contributed by atoms with Crippen molar-refractivity contribution in [1.82, 2.24) is 9.88 Å². The summed E-state index contributed by atoms with van der Waals surface area (Å²) in [6, 6.07) is 8.31. The van der Waals surface area contributed by atoms with Gasteiger partial charge in [0.2, 0.25) is 5.91 Å². The second-order valence-corrected chi connectivity index (χ2v) is 5.88. The Hall–Kier alpha value is -1.77. The monoisotopic (exact) mass is 272 g/mol. The topological polar surface area (TPSA) is 36.1 Å². The minimum atomic E-state index is 0.249. The molecule has 1 aromatic heterocycles. The van der Waals surface area contributed by atoms with Crippen LogP contribution in [0.1, 0.15) is 32.3 Å². The Morgan fingerprint density at radius 2 is 2.05 bits per heavy atom. The van der Waals surface area contributed by atoms with E-state index in [4.69, 9.17) is 0 Å². The van der Waals surface area contributed by atoms with Crippen molar-refractivity contribution >= 4 is 16.8 Å². The zero-order valence-corrected chi connectivity index (χ0v) is 12.6. The van der Waals surface area contributed by atoms with E-state index in [-0.39, 0.29) is 5.91 Å². The highest BCUT2D eigenvalue weighted by Gasteiger charge is 2.10. The number of para-hydroxylation sites is 1. The summed E-state index contributed by atoms with van der Waals surface area (Å²) in [6.07, 6.45) is 4.55. The summed E-state index contributed by atoms with van der Waals surface area (Å²) in [5.74, 6) is 0.774. The van der Waals surface area contributed by atoms with Crippen molar-refractivity contribution < 1.29 is 4.79 Å². The number of amides is 1. The number of nitrogens with one attached hydrogen (secondary N) is 1. The lowest BCUT2D eigenvalue weighted by Gasteiger charge is -2.19. The summed E-state index contributed by atoms with van der Waals surface area (Å²) < 4.78 is 0. The maximum Gasteiger partial charge on any atom is 0.222 e. The minimum Gasteiger partial charge on any atom is -0.361 e. The second kappa shape index (κ2) is 6.60. The first-order chi connectivity index (χ1) is 9.58. The predicted molar refractivity (Wildman–Crippen MR) is 83.7 cm³/mol. The maximum atomic E-state index is 12.0. The number of rotatable bonds is 6. The summed E-state index contributed by atoms with van der Waals surface area (Å²) in [6.45, 7) is 5.11. The van der Waals surface area contributed by atoms with E-state index in [2.05, 4.69) is 43.2 Å². The highest BCUT2D eigenvalue weighted by atomic mass is 16.2. The molecule has 0 spiro atoms. The number of benzene rings is 1. The van der Waals surface area contributed by atoms with Crippen LogP contribution in [0.2, 0.25) is 0 Å². The van der Waals surface area contributed by atoms with Crippen LogP contribution in [0.4, 0.5) is 0 Å². The van der Waals surface area contributed by atoms with Gasteiger partial charge in [-0.05, 0) is 30.4 Å². The van der Waals surface area contributed by atoms with Gasteiger partial charge < -0.3 is 9.88 Å². The smallest absolute Gasteiger partial charge is 0.222 e. The first-order valence-electron chi connectivity index (χ1n) is 7.37. The van der Waals surface area contributed by atoms with Crippen LogP contribution in [0.3, 0.4) is 0 Å². The van der Waals surface area contributed by atoms with Gasteiger partial charge in [-0.3, -0.25) is 4.79 Å². The van der Waals surface area contributed by atoms with Crippen molar-refractivity contribution in [3.63, 3.8) is 0 Å². The van der Waals surface area contributed by atoms with Gasteiger partial charge >= 0.3 is 0 Å². The third-order valence-electron chi connectivity index (χ3n) is 3.58. The average Bonchev–Trinajstić information content (AvgIpc) is 2.81. The summed E-state index contributed by atoms with van der Waals surface area (Å²) in [5.41, 5.74) is 2.48. The first-order valence-corrected chi connectivity index (χ1v) is 7.37. The van der Waals surface area contributed by atoms with Crippen LogP contribution in [-0.2, 0) is 11.2 Å². The van der Waals surface area contributed by atoms with Crippen LogP contribution in [0.15, 0.2) is 30.5 Å². The van der Waals surface area contributed by atoms with Crippen molar-refractivity contribution in [3.05, 3.63) is 36.0 Å². The number of H-pyrrole nitrogens is 1. The quantitative estimate of drug-likeness (QED) is 0.857. The van der Waals surface area contributed by atoms with Gasteiger partial charge in [-0.2, -0.15) is 0 Å². The van der Waals surface area contributed by atoms with Crippen LogP contribution >= 0.6 is 0 Å². The molecular formula is C17H24N2O. The molecule has 0 bridgehead atoms. The van der Waals surface area contributed by atoms with E-state index in [1.807, 2.05) is 18.0 Å². The molecule has 108 valence electrons. The molecule has 3 heteroatoms. The molecule has 2 aromatic rings. The molecule has 1 aromatic carbocycles. The highest BCUT2D eigenvalue weighted by Crippen LogP contribution is 2.19. The van der Waals surface area contributed by atoms with E-state index in [0.717, 1.165) is 19.4 Å². The Morgan fingerprint density at radius 3 is 2.80 bits per heavy atom. The number of aryl methyl sites for hydroxylation is 1. The Kier molecular flexibility index (Phi) is 4.83. The molecule has 3 nitrogen and oxygen atoms in total. The van der Waals surface area contributed by atoms with Gasteiger partial charge in [0.25, 0.3) is 0 Å². The third-order valence-corrected chi connectivity index (χ3v) is 3.58. The lowest BCUT2D eigenvalue weighted by molar-refractivity contribution is -0.130. The van der Waals surface area contributed by atoms with Crippen LogP contribution in [0.5, 0.6) is 0 Å². The van der Waals surface area contributed by atoms with E-state index in [9.17, 15) is 4.79 Å². The molecule has 0 aliphatic carbocycles. The average molecular weight is 272 g/mol. The number of fused-ring (bicyclic) bond motifs is 1. The standard InChI is InChI=1S/C17H24N2O/c1-13(2)12-19(3)17(20)10-6-7-14-11-18-16-9-5-4-8-15(14)16/h4-5,8-9,11,13,18H,6-7,10,12H2,1-3H3. The van der Waals surface area contributed by atoms with Crippen LogP contribution < -0.4 is 0 Å². The molecule has 20 heavy (non-hydrogen) atoms. The molecule has 0 saturated heterocycles. The van der Waals surface area contributed by atoms with Gasteiger partial charge in [-0.1, -0.05) is 32.0 Å². The van der Waals surface area contributed by atoms with Crippen molar-refractivity contribution in [3.8, 4) is 0 Å². The molecule has 0 fully saturated rings. The van der Waals surface area contributed by atoms with Crippen molar-refractivity contribution in [2.24, 2.45) is 5.92 Å². The Balaban J connectivity index is 1.85. The molecular weight excluding hydrogens is 248 g/mol. The number of carbonyl (C=O) groups excluding carboxylic acids is 1. The summed E-state index contributed by atoms with van der Waals surface area (Å²) in [5, 5.41) is 1.27. The molecule has 1 amide bonds. The van der Waals surface area contributed by atoms with Crippen LogP contribution in [-0.4, -0.2) is 29.4 Å². The van der Waals surface area contributed by atoms with Gasteiger partial charge in [-0.25, -0.2) is 0 Å². The molecule has 1 heterocycles. The number of aromatic amines is 1. The van der Waals surface area contributed by atoms with Crippen molar-refractivity contribution in [2.75, 3.05) is 13.6 Å². The summed E-state index contributed by atoms with van der Waals surface area (Å²) >= 11 is 0. The normalized spacial score (nSPS) is 11.2. The van der Waals surface area contributed by atoms with Gasteiger partial charge in [-0.15, -0.1) is 0 Å². The fourth-order valence-corrected chi connectivity index (χ4v) is 2.61. The Labute approximate surface area is 121 Å². The van der Waals surface area contributed by atoms with E-state index in [1.165, 1.54) is 16.5 Å². The minimum absolute atomic E-state index is 0.249. The van der Waals surface area contributed by atoms with Crippen molar-refractivity contribution in [1.29, 1.82) is 0 Å². The molecule has 0 radical (unpaired) electrons. The zero-order valence-electron chi connectivity index (χ0n) is 12.6. The van der Waals surface area contributed by atoms with E-state index in [1.54, 1.807) is 0 Å². The fraction of sp³-hybridized carbons (Fsp3) is 0.471. The number of carbonyl (C=O) groups is 1. The second-order valence-electron chi connectivity index (χ2n) is 5.88. The lowest BCUT2D eigenvalue weighted by atomic mass is 10.1. The number of nitrogens with zero attached hydrogens (tertiary/aromatic N) is 1. The van der Waals surface area contributed by atoms with Gasteiger partial charge in [0, 0.05) is 37.1 Å². The Bertz CT molecular complexity index is 571. The van der Waals surface area contributed by atoms with E-state index in [0.29, 0.717) is 12.3 Å². The van der Waals surface area contributed by atoms with Crippen LogP contribution in [0, 0.1) is 5.92 Å². The SMILES string of the molecule is CC(C)CN(C)C(=O)CCCc1c[nH]c2ccccc12. The zero-order chi connectivity index (χ0) is 14.5. The fourth-order valence-electron chi connectivity index (χ4n) is 2.61. The van der Waals surface area contributed by atoms with E-state index < -0.39 is 0 Å². The lowest BCUT2D eigenvalue weighted by Crippen LogP contribution is -2.30. The number of aromatic nitrogens is 1. The van der Waals surface area contributed by atoms with Crippen LogP contribution in [0.25, 0.3) is 10.9 Å². The molecule has 0 aliphatic rings. The third kappa shape index (κ3) is 3.62. The molecule has 2 rings (SSSR count).